The highest BCUT2D eigenvalue weighted by molar-refractivity contribution is 6.31. The van der Waals surface area contributed by atoms with Gasteiger partial charge in [0.15, 0.2) is 5.69 Å². The Labute approximate surface area is 159 Å². The zero-order valence-corrected chi connectivity index (χ0v) is 15.0. The first-order valence-corrected chi connectivity index (χ1v) is 8.48. The lowest BCUT2D eigenvalue weighted by Crippen LogP contribution is -2.15. The molecule has 7 nitrogen and oxygen atoms in total. The molecule has 0 fully saturated rings. The van der Waals surface area contributed by atoms with Crippen LogP contribution in [0, 0.1) is 6.92 Å². The van der Waals surface area contributed by atoms with Gasteiger partial charge < -0.3 is 9.73 Å². The maximum absolute atomic E-state index is 12.8. The topological polar surface area (TPSA) is 85.8 Å². The van der Waals surface area contributed by atoms with Crippen LogP contribution in [0.1, 0.15) is 16.2 Å². The van der Waals surface area contributed by atoms with Gasteiger partial charge in [0.1, 0.15) is 18.4 Å². The number of nitrogens with one attached hydrogen (secondary N) is 1. The number of anilines is 1. The van der Waals surface area contributed by atoms with E-state index in [4.69, 9.17) is 16.0 Å². The van der Waals surface area contributed by atoms with Crippen molar-refractivity contribution in [1.82, 2.24) is 19.7 Å². The Morgan fingerprint density at radius 2 is 2.00 bits per heavy atom. The van der Waals surface area contributed by atoms with Gasteiger partial charge in [0.25, 0.3) is 5.91 Å². The monoisotopic (exact) mass is 379 g/mol. The van der Waals surface area contributed by atoms with Crippen LogP contribution in [-0.4, -0.2) is 25.7 Å². The van der Waals surface area contributed by atoms with Gasteiger partial charge in [-0.15, -0.1) is 0 Å². The number of oxazole rings is 1. The van der Waals surface area contributed by atoms with Crippen molar-refractivity contribution >= 4 is 23.2 Å². The number of nitrogens with zero attached hydrogens (tertiary/aromatic N) is 4. The Morgan fingerprint density at radius 1 is 1.19 bits per heavy atom. The Hall–Kier alpha value is -3.45. The number of hydrogen-bond donors (Lipinski definition) is 1. The van der Waals surface area contributed by atoms with Crippen molar-refractivity contribution in [3.63, 3.8) is 0 Å². The van der Waals surface area contributed by atoms with Gasteiger partial charge in [0.05, 0.1) is 11.4 Å². The van der Waals surface area contributed by atoms with Crippen molar-refractivity contribution in [3.05, 3.63) is 77.7 Å². The summed E-state index contributed by atoms with van der Waals surface area (Å²) < 4.78 is 7.20. The molecule has 2 aromatic heterocycles. The highest BCUT2D eigenvalue weighted by atomic mass is 35.5. The Balaban J connectivity index is 1.66. The molecule has 0 saturated heterocycles. The van der Waals surface area contributed by atoms with Gasteiger partial charge in [0, 0.05) is 10.6 Å². The summed E-state index contributed by atoms with van der Waals surface area (Å²) in [4.78, 5) is 21.1. The lowest BCUT2D eigenvalue weighted by molar-refractivity contribution is 0.102. The minimum absolute atomic E-state index is 0.207. The summed E-state index contributed by atoms with van der Waals surface area (Å²) in [5.41, 5.74) is 2.13. The third kappa shape index (κ3) is 3.45. The largest absolute Gasteiger partial charge is 0.441 e. The fourth-order valence-electron chi connectivity index (χ4n) is 2.63. The van der Waals surface area contributed by atoms with Gasteiger partial charge in [-0.3, -0.25) is 4.79 Å². The van der Waals surface area contributed by atoms with Crippen molar-refractivity contribution < 1.29 is 9.21 Å². The van der Waals surface area contributed by atoms with E-state index in [1.54, 1.807) is 25.1 Å². The standard InChI is InChI=1S/C19H14ClN5O2/c1-12-17(24-19(27-12)13-5-3-2-4-6-13)18(26)23-15-9-14(20)7-8-16(15)25-11-21-10-22-25/h2-11H,1H3,(H,23,26). The van der Waals surface area contributed by atoms with Gasteiger partial charge >= 0.3 is 0 Å². The Kier molecular flexibility index (Phi) is 4.43. The van der Waals surface area contributed by atoms with Crippen LogP contribution in [-0.2, 0) is 0 Å². The molecule has 0 saturated carbocycles. The van der Waals surface area contributed by atoms with Gasteiger partial charge in [-0.1, -0.05) is 29.8 Å². The third-order valence-corrected chi connectivity index (χ3v) is 4.14. The second-order valence-electron chi connectivity index (χ2n) is 5.75. The predicted octanol–water partition coefficient (Wildman–Crippen LogP) is 4.14. The molecule has 0 unspecified atom stereocenters. The number of amides is 1. The zero-order chi connectivity index (χ0) is 18.8. The third-order valence-electron chi connectivity index (χ3n) is 3.90. The van der Waals surface area contributed by atoms with Gasteiger partial charge in [-0.2, -0.15) is 5.10 Å². The lowest BCUT2D eigenvalue weighted by Gasteiger charge is -2.10. The van der Waals surface area contributed by atoms with Crippen molar-refractivity contribution in [2.45, 2.75) is 6.92 Å². The first-order chi connectivity index (χ1) is 13.1. The van der Waals surface area contributed by atoms with Gasteiger partial charge in [0.2, 0.25) is 5.89 Å². The number of aromatic nitrogens is 4. The van der Waals surface area contributed by atoms with E-state index in [9.17, 15) is 4.79 Å². The van der Waals surface area contributed by atoms with E-state index in [0.29, 0.717) is 28.0 Å². The smallest absolute Gasteiger partial charge is 0.277 e. The molecule has 0 bridgehead atoms. The summed E-state index contributed by atoms with van der Waals surface area (Å²) in [7, 11) is 0. The first kappa shape index (κ1) is 17.0. The molecule has 0 aliphatic rings. The highest BCUT2D eigenvalue weighted by Crippen LogP contribution is 2.26. The minimum Gasteiger partial charge on any atom is -0.441 e. The van der Waals surface area contributed by atoms with Gasteiger partial charge in [-0.25, -0.2) is 14.6 Å². The van der Waals surface area contributed by atoms with Crippen LogP contribution in [0.4, 0.5) is 5.69 Å². The maximum atomic E-state index is 12.8. The van der Waals surface area contributed by atoms with Crippen LogP contribution < -0.4 is 5.32 Å². The molecule has 0 spiro atoms. The second kappa shape index (κ2) is 7.05. The molecule has 27 heavy (non-hydrogen) atoms. The van der Waals surface area contributed by atoms with Crippen molar-refractivity contribution in [2.24, 2.45) is 0 Å². The highest BCUT2D eigenvalue weighted by Gasteiger charge is 2.19. The number of halogens is 1. The quantitative estimate of drug-likeness (QED) is 0.576. The summed E-state index contributed by atoms with van der Waals surface area (Å²) in [6, 6.07) is 14.5. The van der Waals surface area contributed by atoms with E-state index in [2.05, 4.69) is 20.4 Å². The molecular weight excluding hydrogens is 366 g/mol. The Bertz CT molecular complexity index is 1090. The molecule has 0 atom stereocenters. The van der Waals surface area contributed by atoms with Crippen molar-refractivity contribution in [2.75, 3.05) is 5.32 Å². The summed E-state index contributed by atoms with van der Waals surface area (Å²) in [5.74, 6) is 0.415. The average Bonchev–Trinajstić information content (AvgIpc) is 3.32. The molecular formula is C19H14ClN5O2. The fourth-order valence-corrected chi connectivity index (χ4v) is 2.81. The molecule has 2 aromatic carbocycles. The lowest BCUT2D eigenvalue weighted by atomic mass is 10.2. The van der Waals surface area contributed by atoms with E-state index in [0.717, 1.165) is 5.56 Å². The molecule has 0 aliphatic heterocycles. The average molecular weight is 380 g/mol. The number of carbonyl (C=O) groups excluding carboxylic acids is 1. The van der Waals surface area contributed by atoms with Crippen LogP contribution >= 0.6 is 11.6 Å². The molecule has 0 radical (unpaired) electrons. The van der Waals surface area contributed by atoms with E-state index < -0.39 is 5.91 Å². The summed E-state index contributed by atoms with van der Waals surface area (Å²) in [6.07, 6.45) is 2.95. The molecule has 0 aliphatic carbocycles. The summed E-state index contributed by atoms with van der Waals surface area (Å²) >= 11 is 6.09. The van der Waals surface area contributed by atoms with Crippen molar-refractivity contribution in [1.29, 1.82) is 0 Å². The number of carbonyl (C=O) groups is 1. The molecule has 4 aromatic rings. The molecule has 1 N–H and O–H groups in total. The number of rotatable bonds is 4. The van der Waals surface area contributed by atoms with E-state index in [-0.39, 0.29) is 5.69 Å². The Morgan fingerprint density at radius 3 is 2.74 bits per heavy atom. The summed E-state index contributed by atoms with van der Waals surface area (Å²) in [6.45, 7) is 1.70. The number of hydrogen-bond acceptors (Lipinski definition) is 5. The van der Waals surface area contributed by atoms with E-state index >= 15 is 0 Å². The molecule has 134 valence electrons. The van der Waals surface area contributed by atoms with Crippen LogP contribution in [0.2, 0.25) is 5.02 Å². The first-order valence-electron chi connectivity index (χ1n) is 8.10. The minimum atomic E-state index is -0.401. The van der Waals surface area contributed by atoms with Crippen LogP contribution in [0.3, 0.4) is 0 Å². The second-order valence-corrected chi connectivity index (χ2v) is 6.18. The fraction of sp³-hybridized carbons (Fsp3) is 0.0526. The maximum Gasteiger partial charge on any atom is 0.277 e. The predicted molar refractivity (Wildman–Crippen MR) is 101 cm³/mol. The van der Waals surface area contributed by atoms with Crippen LogP contribution in [0.5, 0.6) is 0 Å². The number of benzene rings is 2. The molecule has 8 heteroatoms. The van der Waals surface area contributed by atoms with Crippen molar-refractivity contribution in [3.8, 4) is 17.1 Å². The summed E-state index contributed by atoms with van der Waals surface area (Å²) in [5, 5.41) is 7.40. The van der Waals surface area contributed by atoms with E-state index in [1.165, 1.54) is 17.3 Å². The zero-order valence-electron chi connectivity index (χ0n) is 14.3. The molecule has 1 amide bonds. The van der Waals surface area contributed by atoms with Gasteiger partial charge in [-0.05, 0) is 37.3 Å². The number of aryl methyl sites for hydroxylation is 1. The van der Waals surface area contributed by atoms with Crippen LogP contribution in [0.25, 0.3) is 17.1 Å². The molecule has 2 heterocycles. The van der Waals surface area contributed by atoms with E-state index in [1.807, 2.05) is 30.3 Å². The normalized spacial score (nSPS) is 10.7. The molecule has 4 rings (SSSR count). The SMILES string of the molecule is Cc1oc(-c2ccccc2)nc1C(=O)Nc1cc(Cl)ccc1-n1cncn1. The van der Waals surface area contributed by atoms with Crippen LogP contribution in [0.15, 0.2) is 65.6 Å².